The Morgan fingerprint density at radius 2 is 1.91 bits per heavy atom. The third kappa shape index (κ3) is 3.85. The number of hydrogen-bond donors (Lipinski definition) is 3. The van der Waals surface area contributed by atoms with E-state index >= 15 is 0 Å². The summed E-state index contributed by atoms with van der Waals surface area (Å²) in [6.45, 7) is 0. The summed E-state index contributed by atoms with van der Waals surface area (Å²) < 4.78 is 23.1. The Balaban J connectivity index is 2.29. The van der Waals surface area contributed by atoms with Gasteiger partial charge in [0.05, 0.1) is 20.6 Å². The van der Waals surface area contributed by atoms with Gasteiger partial charge in [-0.1, -0.05) is 0 Å². The highest BCUT2D eigenvalue weighted by atomic mass is 127. The van der Waals surface area contributed by atoms with Gasteiger partial charge in [-0.3, -0.25) is 0 Å². The van der Waals surface area contributed by atoms with Gasteiger partial charge in [0, 0.05) is 5.69 Å². The zero-order valence-corrected chi connectivity index (χ0v) is 14.2. The van der Waals surface area contributed by atoms with Crippen LogP contribution in [0, 0.1) is 15.9 Å². The molecule has 7 nitrogen and oxygen atoms in total. The first-order valence-electron chi connectivity index (χ1n) is 5.96. The minimum atomic E-state index is -3.72. The molecule has 0 saturated carbocycles. The van der Waals surface area contributed by atoms with Gasteiger partial charge in [0.2, 0.25) is 16.0 Å². The smallest absolute Gasteiger partial charge is 0.238 e. The van der Waals surface area contributed by atoms with Crippen LogP contribution < -0.4 is 16.2 Å². The number of terminal acetylenes is 1. The van der Waals surface area contributed by atoms with Gasteiger partial charge in [-0.2, -0.15) is 4.98 Å². The van der Waals surface area contributed by atoms with E-state index in [1.807, 2.05) is 22.6 Å². The summed E-state index contributed by atoms with van der Waals surface area (Å²) in [5.74, 6) is 3.12. The summed E-state index contributed by atoms with van der Waals surface area (Å²) in [6, 6.07) is 5.88. The fraction of sp³-hybridized carbons (Fsp3) is 0.0769. The van der Waals surface area contributed by atoms with E-state index in [4.69, 9.17) is 17.3 Å². The first-order valence-corrected chi connectivity index (χ1v) is 8.59. The molecule has 1 aromatic heterocycles. The van der Waals surface area contributed by atoms with E-state index in [-0.39, 0.29) is 10.8 Å². The van der Waals surface area contributed by atoms with Crippen LogP contribution in [0.3, 0.4) is 0 Å². The standard InChI is InChI=1S/C13H12IN5O2S/c1-2-3-10-11(14)12(15)19-13(18-10)17-8-4-6-9(7-5-8)22(16,20)21/h1,4-7H,3H2,(H2,16,20,21)(H3,15,17,18,19). The van der Waals surface area contributed by atoms with E-state index < -0.39 is 10.0 Å². The molecule has 2 aromatic rings. The average molecular weight is 429 g/mol. The number of primary sulfonamides is 1. The number of nitrogens with zero attached hydrogens (tertiary/aromatic N) is 2. The van der Waals surface area contributed by atoms with Crippen molar-refractivity contribution in [3.05, 3.63) is 33.5 Å². The van der Waals surface area contributed by atoms with E-state index in [1.54, 1.807) is 12.1 Å². The highest BCUT2D eigenvalue weighted by Gasteiger charge is 2.10. The van der Waals surface area contributed by atoms with Gasteiger partial charge in [0.25, 0.3) is 0 Å². The Kier molecular flexibility index (Phi) is 4.84. The van der Waals surface area contributed by atoms with Gasteiger partial charge in [0.15, 0.2) is 0 Å². The van der Waals surface area contributed by atoms with Crippen LogP contribution in [0.15, 0.2) is 29.2 Å². The number of nitrogens with one attached hydrogen (secondary N) is 1. The number of hydrogen-bond acceptors (Lipinski definition) is 6. The molecule has 114 valence electrons. The zero-order valence-electron chi connectivity index (χ0n) is 11.2. The maximum atomic E-state index is 11.2. The Morgan fingerprint density at radius 3 is 2.45 bits per heavy atom. The molecular formula is C13H12IN5O2S. The maximum Gasteiger partial charge on any atom is 0.238 e. The average Bonchev–Trinajstić information content (AvgIpc) is 2.44. The van der Waals surface area contributed by atoms with E-state index in [2.05, 4.69) is 21.2 Å². The van der Waals surface area contributed by atoms with Crippen LogP contribution in [-0.2, 0) is 16.4 Å². The molecule has 0 aliphatic heterocycles. The number of aromatic nitrogens is 2. The van der Waals surface area contributed by atoms with E-state index in [9.17, 15) is 8.42 Å². The molecule has 0 unspecified atom stereocenters. The van der Waals surface area contributed by atoms with Crippen molar-refractivity contribution < 1.29 is 8.42 Å². The Morgan fingerprint density at radius 1 is 1.27 bits per heavy atom. The van der Waals surface area contributed by atoms with E-state index in [0.717, 1.165) is 0 Å². The number of sulfonamides is 1. The van der Waals surface area contributed by atoms with Crippen molar-refractivity contribution in [2.75, 3.05) is 11.1 Å². The normalized spacial score (nSPS) is 11.0. The first-order chi connectivity index (χ1) is 10.3. The molecule has 0 atom stereocenters. The molecule has 0 amide bonds. The number of anilines is 3. The molecule has 0 saturated heterocycles. The highest BCUT2D eigenvalue weighted by Crippen LogP contribution is 2.21. The molecule has 0 radical (unpaired) electrons. The minimum absolute atomic E-state index is 0.0223. The molecule has 2 rings (SSSR count). The number of benzene rings is 1. The van der Waals surface area contributed by atoms with Crippen LogP contribution in [-0.4, -0.2) is 18.4 Å². The molecule has 0 spiro atoms. The molecular weight excluding hydrogens is 417 g/mol. The summed E-state index contributed by atoms with van der Waals surface area (Å²) in [4.78, 5) is 8.44. The molecule has 1 heterocycles. The van der Waals surface area contributed by atoms with Crippen molar-refractivity contribution in [3.8, 4) is 12.3 Å². The van der Waals surface area contributed by atoms with E-state index in [0.29, 0.717) is 27.2 Å². The fourth-order valence-electron chi connectivity index (χ4n) is 1.64. The predicted octanol–water partition coefficient (Wildman–Crippen LogP) is 1.23. The molecule has 22 heavy (non-hydrogen) atoms. The van der Waals surface area contributed by atoms with Gasteiger partial charge < -0.3 is 11.1 Å². The van der Waals surface area contributed by atoms with Gasteiger partial charge in [-0.15, -0.1) is 12.3 Å². The van der Waals surface area contributed by atoms with Crippen LogP contribution in [0.5, 0.6) is 0 Å². The second-order valence-electron chi connectivity index (χ2n) is 4.27. The number of nitrogens with two attached hydrogens (primary N) is 2. The van der Waals surface area contributed by atoms with E-state index in [1.165, 1.54) is 12.1 Å². The summed E-state index contributed by atoms with van der Waals surface area (Å²) in [7, 11) is -3.72. The number of rotatable bonds is 4. The monoisotopic (exact) mass is 429 g/mol. The summed E-state index contributed by atoms with van der Waals surface area (Å²) >= 11 is 2.04. The molecule has 9 heteroatoms. The van der Waals surface area contributed by atoms with Crippen molar-refractivity contribution in [2.45, 2.75) is 11.3 Å². The van der Waals surface area contributed by atoms with Crippen molar-refractivity contribution in [3.63, 3.8) is 0 Å². The lowest BCUT2D eigenvalue weighted by Gasteiger charge is -2.09. The van der Waals surface area contributed by atoms with Gasteiger partial charge in [0.1, 0.15) is 5.82 Å². The Labute approximate surface area is 141 Å². The van der Waals surface area contributed by atoms with Gasteiger partial charge >= 0.3 is 0 Å². The largest absolute Gasteiger partial charge is 0.383 e. The third-order valence-electron chi connectivity index (χ3n) is 2.65. The molecule has 1 aromatic carbocycles. The SMILES string of the molecule is C#CCc1nc(Nc2ccc(S(N)(=O)=O)cc2)nc(N)c1I. The van der Waals surface area contributed by atoms with Crippen LogP contribution >= 0.6 is 22.6 Å². The summed E-state index contributed by atoms with van der Waals surface area (Å²) in [5.41, 5.74) is 7.07. The second kappa shape index (κ2) is 6.47. The lowest BCUT2D eigenvalue weighted by Crippen LogP contribution is -2.12. The van der Waals surface area contributed by atoms with Crippen LogP contribution in [0.25, 0.3) is 0 Å². The lowest BCUT2D eigenvalue weighted by molar-refractivity contribution is 0.598. The zero-order chi connectivity index (χ0) is 16.3. The van der Waals surface area contributed by atoms with Crippen molar-refractivity contribution in [2.24, 2.45) is 5.14 Å². The van der Waals surface area contributed by atoms with Crippen LogP contribution in [0.4, 0.5) is 17.5 Å². The quantitative estimate of drug-likeness (QED) is 0.496. The lowest BCUT2D eigenvalue weighted by atomic mass is 10.3. The highest BCUT2D eigenvalue weighted by molar-refractivity contribution is 14.1. The van der Waals surface area contributed by atoms with Crippen LogP contribution in [0.2, 0.25) is 0 Å². The maximum absolute atomic E-state index is 11.2. The molecule has 0 fully saturated rings. The van der Waals surface area contributed by atoms with Gasteiger partial charge in [-0.25, -0.2) is 18.5 Å². The van der Waals surface area contributed by atoms with Crippen LogP contribution in [0.1, 0.15) is 5.69 Å². The molecule has 0 aliphatic carbocycles. The molecule has 0 bridgehead atoms. The predicted molar refractivity (Wildman–Crippen MR) is 92.8 cm³/mol. The third-order valence-corrected chi connectivity index (χ3v) is 4.76. The van der Waals surface area contributed by atoms with Gasteiger partial charge in [-0.05, 0) is 46.9 Å². The summed E-state index contributed by atoms with van der Waals surface area (Å²) in [5, 5.41) is 7.98. The second-order valence-corrected chi connectivity index (χ2v) is 6.91. The summed E-state index contributed by atoms with van der Waals surface area (Å²) in [6.07, 6.45) is 5.63. The topological polar surface area (TPSA) is 124 Å². The first kappa shape index (κ1) is 16.5. The van der Waals surface area contributed by atoms with Crippen molar-refractivity contribution in [1.29, 1.82) is 0 Å². The minimum Gasteiger partial charge on any atom is -0.383 e. The number of nitrogen functional groups attached to an aromatic ring is 1. The van der Waals surface area contributed by atoms with Crippen molar-refractivity contribution >= 4 is 50.1 Å². The fourth-order valence-corrected chi connectivity index (χ4v) is 2.59. The van der Waals surface area contributed by atoms with Crippen molar-refractivity contribution in [1.82, 2.24) is 9.97 Å². The number of halogens is 1. The molecule has 0 aliphatic rings. The Hall–Kier alpha value is -1.90. The molecule has 5 N–H and O–H groups in total. The Bertz CT molecular complexity index is 844.